The topological polar surface area (TPSA) is 35.5 Å². The molecule has 0 aromatic heterocycles. The molecule has 0 amide bonds. The molecular weight excluding hydrogens is 220 g/mol. The molecule has 0 radical (unpaired) electrons. The van der Waals surface area contributed by atoms with Crippen molar-refractivity contribution >= 4 is 11.8 Å². The predicted octanol–water partition coefficient (Wildman–Crippen LogP) is 1.17. The summed E-state index contributed by atoms with van der Waals surface area (Å²) < 4.78 is 0. The van der Waals surface area contributed by atoms with E-state index in [0.29, 0.717) is 5.25 Å². The van der Waals surface area contributed by atoms with Crippen LogP contribution in [0.1, 0.15) is 27.2 Å². The molecule has 1 aliphatic rings. The van der Waals surface area contributed by atoms with Gasteiger partial charge in [-0.05, 0) is 25.3 Å². The maximum atomic E-state index is 9.58. The Hall–Kier alpha value is 0.230. The summed E-state index contributed by atoms with van der Waals surface area (Å²) in [6.45, 7) is 11.1. The van der Waals surface area contributed by atoms with E-state index in [2.05, 4.69) is 31.0 Å². The highest BCUT2D eigenvalue weighted by Crippen LogP contribution is 2.35. The van der Waals surface area contributed by atoms with Gasteiger partial charge in [0.1, 0.15) is 0 Å². The third-order valence-electron chi connectivity index (χ3n) is 3.78. The minimum absolute atomic E-state index is 0.0299. The van der Waals surface area contributed by atoms with E-state index in [1.165, 1.54) is 5.75 Å². The molecule has 2 atom stereocenters. The van der Waals surface area contributed by atoms with Crippen LogP contribution in [0.3, 0.4) is 0 Å². The molecule has 96 valence electrons. The van der Waals surface area contributed by atoms with E-state index in [1.807, 2.05) is 11.8 Å². The average molecular weight is 246 g/mol. The van der Waals surface area contributed by atoms with Crippen molar-refractivity contribution in [2.24, 2.45) is 0 Å². The first-order valence-electron chi connectivity index (χ1n) is 6.38. The summed E-state index contributed by atoms with van der Waals surface area (Å²) in [5.74, 6) is 1.17. The molecule has 1 heterocycles. The van der Waals surface area contributed by atoms with Crippen molar-refractivity contribution < 1.29 is 5.11 Å². The van der Waals surface area contributed by atoms with Crippen molar-refractivity contribution in [2.45, 2.75) is 38.0 Å². The fraction of sp³-hybridized carbons (Fsp3) is 1.00. The Morgan fingerprint density at radius 2 is 2.12 bits per heavy atom. The van der Waals surface area contributed by atoms with Crippen LogP contribution in [-0.2, 0) is 0 Å². The Labute approximate surface area is 104 Å². The molecule has 0 saturated carbocycles. The molecule has 16 heavy (non-hydrogen) atoms. The number of thioether (sulfide) groups is 1. The van der Waals surface area contributed by atoms with Gasteiger partial charge in [-0.25, -0.2) is 0 Å². The molecule has 0 spiro atoms. The van der Waals surface area contributed by atoms with Crippen LogP contribution in [0, 0.1) is 0 Å². The van der Waals surface area contributed by atoms with Crippen LogP contribution in [0.25, 0.3) is 0 Å². The SMILES string of the molecule is CCN(CC)CCNC1(CO)CCSC1C. The minimum atomic E-state index is -0.0299. The van der Waals surface area contributed by atoms with Crippen LogP contribution < -0.4 is 5.32 Å². The standard InChI is InChI=1S/C12H26N2OS/c1-4-14(5-2)8-7-13-12(10-15)6-9-16-11(12)3/h11,13,15H,4-10H2,1-3H3. The van der Waals surface area contributed by atoms with Crippen LogP contribution in [0.15, 0.2) is 0 Å². The minimum Gasteiger partial charge on any atom is -0.394 e. The monoisotopic (exact) mass is 246 g/mol. The molecule has 1 fully saturated rings. The second kappa shape index (κ2) is 6.84. The van der Waals surface area contributed by atoms with E-state index in [1.54, 1.807) is 0 Å². The fourth-order valence-corrected chi connectivity index (χ4v) is 3.71. The largest absolute Gasteiger partial charge is 0.394 e. The van der Waals surface area contributed by atoms with Gasteiger partial charge in [-0.3, -0.25) is 0 Å². The lowest BCUT2D eigenvalue weighted by molar-refractivity contribution is 0.156. The lowest BCUT2D eigenvalue weighted by Crippen LogP contribution is -2.54. The third kappa shape index (κ3) is 3.36. The molecule has 0 aromatic rings. The highest BCUT2D eigenvalue weighted by Gasteiger charge is 2.39. The Morgan fingerprint density at radius 3 is 2.56 bits per heavy atom. The zero-order valence-corrected chi connectivity index (χ0v) is 11.6. The summed E-state index contributed by atoms with van der Waals surface area (Å²) >= 11 is 1.96. The van der Waals surface area contributed by atoms with E-state index < -0.39 is 0 Å². The van der Waals surface area contributed by atoms with Gasteiger partial charge in [0, 0.05) is 18.3 Å². The van der Waals surface area contributed by atoms with Gasteiger partial charge in [0.15, 0.2) is 0 Å². The van der Waals surface area contributed by atoms with E-state index >= 15 is 0 Å². The number of hydrogen-bond acceptors (Lipinski definition) is 4. The van der Waals surface area contributed by atoms with E-state index in [0.717, 1.165) is 32.6 Å². The molecule has 4 heteroatoms. The van der Waals surface area contributed by atoms with Crippen LogP contribution >= 0.6 is 11.8 Å². The number of nitrogens with zero attached hydrogens (tertiary/aromatic N) is 1. The molecule has 1 rings (SSSR count). The summed E-state index contributed by atoms with van der Waals surface area (Å²) in [6.07, 6.45) is 1.09. The number of aliphatic hydroxyl groups is 1. The van der Waals surface area contributed by atoms with Gasteiger partial charge >= 0.3 is 0 Å². The van der Waals surface area contributed by atoms with Crippen LogP contribution in [0.5, 0.6) is 0 Å². The second-order valence-corrected chi connectivity index (χ2v) is 5.98. The van der Waals surface area contributed by atoms with E-state index in [4.69, 9.17) is 0 Å². The summed E-state index contributed by atoms with van der Waals surface area (Å²) in [6, 6.07) is 0. The number of nitrogens with one attached hydrogen (secondary N) is 1. The molecule has 1 saturated heterocycles. The van der Waals surface area contributed by atoms with Crippen molar-refractivity contribution in [1.29, 1.82) is 0 Å². The number of aliphatic hydroxyl groups excluding tert-OH is 1. The van der Waals surface area contributed by atoms with Crippen molar-refractivity contribution in [1.82, 2.24) is 10.2 Å². The molecule has 3 nitrogen and oxygen atoms in total. The lowest BCUT2D eigenvalue weighted by Gasteiger charge is -2.33. The highest BCUT2D eigenvalue weighted by molar-refractivity contribution is 8.00. The Morgan fingerprint density at radius 1 is 1.44 bits per heavy atom. The average Bonchev–Trinajstić information content (AvgIpc) is 2.67. The first-order chi connectivity index (χ1) is 7.68. The smallest absolute Gasteiger partial charge is 0.0624 e. The van der Waals surface area contributed by atoms with E-state index in [-0.39, 0.29) is 12.1 Å². The summed E-state index contributed by atoms with van der Waals surface area (Å²) in [4.78, 5) is 2.41. The number of likely N-dealkylation sites (N-methyl/N-ethyl adjacent to an activating group) is 1. The van der Waals surface area contributed by atoms with Gasteiger partial charge in [-0.1, -0.05) is 20.8 Å². The predicted molar refractivity (Wildman–Crippen MR) is 72.1 cm³/mol. The maximum Gasteiger partial charge on any atom is 0.0624 e. The maximum absolute atomic E-state index is 9.58. The first kappa shape index (κ1) is 14.3. The second-order valence-electron chi connectivity index (χ2n) is 4.53. The molecular formula is C12H26N2OS. The Kier molecular flexibility index (Phi) is 6.11. The Bertz CT molecular complexity index is 199. The Balaban J connectivity index is 2.34. The van der Waals surface area contributed by atoms with Crippen LogP contribution in [-0.4, -0.2) is 59.3 Å². The summed E-state index contributed by atoms with van der Waals surface area (Å²) in [5.41, 5.74) is -0.0299. The molecule has 0 bridgehead atoms. The molecule has 2 unspecified atom stereocenters. The van der Waals surface area contributed by atoms with Gasteiger partial charge in [0.25, 0.3) is 0 Å². The van der Waals surface area contributed by atoms with Crippen molar-refractivity contribution in [3.63, 3.8) is 0 Å². The normalized spacial score (nSPS) is 30.2. The fourth-order valence-electron chi connectivity index (χ4n) is 2.28. The molecule has 0 aromatic carbocycles. The quantitative estimate of drug-likeness (QED) is 0.707. The zero-order chi connectivity index (χ0) is 12.0. The van der Waals surface area contributed by atoms with Gasteiger partial charge in [0.05, 0.1) is 12.1 Å². The molecule has 1 aliphatic heterocycles. The van der Waals surface area contributed by atoms with Crippen LogP contribution in [0.2, 0.25) is 0 Å². The third-order valence-corrected chi connectivity index (χ3v) is 5.17. The van der Waals surface area contributed by atoms with Crippen molar-refractivity contribution in [3.8, 4) is 0 Å². The summed E-state index contributed by atoms with van der Waals surface area (Å²) in [5, 5.41) is 13.7. The van der Waals surface area contributed by atoms with Gasteiger partial charge in [-0.15, -0.1) is 0 Å². The van der Waals surface area contributed by atoms with Gasteiger partial charge < -0.3 is 15.3 Å². The lowest BCUT2D eigenvalue weighted by atomic mass is 9.94. The molecule has 0 aliphatic carbocycles. The molecule has 2 N–H and O–H groups in total. The number of hydrogen-bond donors (Lipinski definition) is 2. The first-order valence-corrected chi connectivity index (χ1v) is 7.43. The number of rotatable bonds is 7. The van der Waals surface area contributed by atoms with Crippen molar-refractivity contribution in [3.05, 3.63) is 0 Å². The van der Waals surface area contributed by atoms with Gasteiger partial charge in [-0.2, -0.15) is 11.8 Å². The van der Waals surface area contributed by atoms with Gasteiger partial charge in [0.2, 0.25) is 0 Å². The summed E-state index contributed by atoms with van der Waals surface area (Å²) in [7, 11) is 0. The van der Waals surface area contributed by atoms with Crippen LogP contribution in [0.4, 0.5) is 0 Å². The van der Waals surface area contributed by atoms with Crippen molar-refractivity contribution in [2.75, 3.05) is 38.5 Å². The highest BCUT2D eigenvalue weighted by atomic mass is 32.2. The van der Waals surface area contributed by atoms with E-state index in [9.17, 15) is 5.11 Å². The zero-order valence-electron chi connectivity index (χ0n) is 10.8.